The van der Waals surface area contributed by atoms with E-state index in [1.807, 2.05) is 31.3 Å². The first-order valence-corrected chi connectivity index (χ1v) is 9.45. The van der Waals surface area contributed by atoms with Crippen molar-refractivity contribution in [3.05, 3.63) is 65.1 Å². The summed E-state index contributed by atoms with van der Waals surface area (Å²) in [7, 11) is 1.88. The van der Waals surface area contributed by atoms with E-state index in [9.17, 15) is 4.39 Å². The lowest BCUT2D eigenvalue weighted by atomic mass is 10.2. The maximum Gasteiger partial charge on any atom is 0.162 e. The molecular weight excluding hydrogens is 377 g/mol. The van der Waals surface area contributed by atoms with Crippen LogP contribution in [0.5, 0.6) is 0 Å². The highest BCUT2D eigenvalue weighted by atomic mass is 35.5. The van der Waals surface area contributed by atoms with Crippen LogP contribution in [0.1, 0.15) is 19.0 Å². The van der Waals surface area contributed by atoms with Crippen molar-refractivity contribution < 1.29 is 4.39 Å². The number of aromatic nitrogens is 4. The summed E-state index contributed by atoms with van der Waals surface area (Å²) in [6, 6.07) is 13.6. The second-order valence-electron chi connectivity index (χ2n) is 6.56. The number of halogens is 2. The summed E-state index contributed by atoms with van der Waals surface area (Å²) in [4.78, 5) is 9.46. The van der Waals surface area contributed by atoms with E-state index in [4.69, 9.17) is 21.6 Å². The van der Waals surface area contributed by atoms with E-state index in [0.29, 0.717) is 16.7 Å². The minimum atomic E-state index is -0.296. The Bertz CT molecular complexity index is 1140. The molecule has 0 unspecified atom stereocenters. The summed E-state index contributed by atoms with van der Waals surface area (Å²) in [5, 5.41) is 8.60. The molecule has 0 radical (unpaired) electrons. The normalized spacial score (nSPS) is 11.1. The Morgan fingerprint density at radius 2 is 1.89 bits per heavy atom. The summed E-state index contributed by atoms with van der Waals surface area (Å²) in [5.74, 6) is 0.849. The molecule has 2 aromatic heterocycles. The molecule has 28 heavy (non-hydrogen) atoms. The first-order chi connectivity index (χ1) is 13.5. The number of nitrogens with zero attached hydrogens (tertiary/aromatic N) is 4. The van der Waals surface area contributed by atoms with E-state index < -0.39 is 0 Å². The lowest BCUT2D eigenvalue weighted by molar-refractivity contribution is 0.628. The zero-order valence-electron chi connectivity index (χ0n) is 15.6. The van der Waals surface area contributed by atoms with Crippen LogP contribution in [-0.2, 0) is 13.5 Å². The van der Waals surface area contributed by atoms with Crippen LogP contribution in [0.15, 0.2) is 48.5 Å². The lowest BCUT2D eigenvalue weighted by Crippen LogP contribution is -2.02. The molecule has 0 aliphatic rings. The monoisotopic (exact) mass is 395 g/mol. The molecule has 4 rings (SSSR count). The molecule has 0 bridgehead atoms. The average molecular weight is 396 g/mol. The van der Waals surface area contributed by atoms with E-state index in [1.54, 1.807) is 16.8 Å². The maximum absolute atomic E-state index is 13.3. The van der Waals surface area contributed by atoms with E-state index in [2.05, 4.69) is 17.3 Å². The highest BCUT2D eigenvalue weighted by Gasteiger charge is 2.18. The lowest BCUT2D eigenvalue weighted by Gasteiger charge is -2.10. The van der Waals surface area contributed by atoms with Crippen molar-refractivity contribution in [2.24, 2.45) is 7.05 Å². The van der Waals surface area contributed by atoms with Crippen LogP contribution >= 0.6 is 11.6 Å². The van der Waals surface area contributed by atoms with Gasteiger partial charge in [0.05, 0.1) is 5.69 Å². The van der Waals surface area contributed by atoms with E-state index in [0.717, 1.165) is 40.8 Å². The van der Waals surface area contributed by atoms with Gasteiger partial charge in [0.2, 0.25) is 0 Å². The third-order valence-electron chi connectivity index (χ3n) is 4.43. The van der Waals surface area contributed by atoms with Crippen LogP contribution in [0.3, 0.4) is 0 Å². The molecule has 0 saturated heterocycles. The molecule has 7 heteroatoms. The predicted octanol–water partition coefficient (Wildman–Crippen LogP) is 5.52. The number of benzene rings is 2. The number of hydrogen-bond acceptors (Lipinski definition) is 4. The molecule has 0 saturated carbocycles. The molecule has 0 aliphatic heterocycles. The predicted molar refractivity (Wildman–Crippen MR) is 110 cm³/mol. The van der Waals surface area contributed by atoms with Gasteiger partial charge in [-0.05, 0) is 48.9 Å². The highest BCUT2D eigenvalue weighted by Crippen LogP contribution is 2.30. The van der Waals surface area contributed by atoms with Crippen LogP contribution in [0.2, 0.25) is 5.02 Å². The summed E-state index contributed by atoms with van der Waals surface area (Å²) >= 11 is 6.12. The highest BCUT2D eigenvalue weighted by molar-refractivity contribution is 6.30. The summed E-state index contributed by atoms with van der Waals surface area (Å²) in [6.07, 6.45) is 1.77. The molecule has 2 heterocycles. The van der Waals surface area contributed by atoms with Gasteiger partial charge < -0.3 is 5.32 Å². The van der Waals surface area contributed by atoms with Gasteiger partial charge in [-0.1, -0.05) is 31.0 Å². The summed E-state index contributed by atoms with van der Waals surface area (Å²) in [6.45, 7) is 2.10. The van der Waals surface area contributed by atoms with Gasteiger partial charge in [0.15, 0.2) is 11.6 Å². The molecule has 0 spiro atoms. The fraction of sp³-hybridized carbons (Fsp3) is 0.190. The number of nitrogens with one attached hydrogen (secondary N) is 1. The number of aryl methyl sites for hydroxylation is 2. The number of rotatable bonds is 5. The van der Waals surface area contributed by atoms with Crippen molar-refractivity contribution in [3.63, 3.8) is 0 Å². The zero-order chi connectivity index (χ0) is 19.7. The van der Waals surface area contributed by atoms with Crippen molar-refractivity contribution in [2.45, 2.75) is 19.8 Å². The first-order valence-electron chi connectivity index (χ1n) is 9.07. The molecular formula is C21H19ClFN5. The van der Waals surface area contributed by atoms with Crippen molar-refractivity contribution >= 4 is 34.1 Å². The Morgan fingerprint density at radius 3 is 2.61 bits per heavy atom. The van der Waals surface area contributed by atoms with E-state index in [-0.39, 0.29) is 5.82 Å². The molecule has 0 fully saturated rings. The third kappa shape index (κ3) is 3.55. The zero-order valence-corrected chi connectivity index (χ0v) is 16.3. The van der Waals surface area contributed by atoms with Crippen molar-refractivity contribution in [1.29, 1.82) is 0 Å². The minimum absolute atomic E-state index is 0.296. The second-order valence-corrected chi connectivity index (χ2v) is 6.99. The van der Waals surface area contributed by atoms with E-state index in [1.165, 1.54) is 12.1 Å². The Hall–Kier alpha value is -2.99. The quantitative estimate of drug-likeness (QED) is 0.483. The molecule has 0 atom stereocenters. The molecule has 0 amide bonds. The van der Waals surface area contributed by atoms with Gasteiger partial charge in [-0.25, -0.2) is 14.4 Å². The van der Waals surface area contributed by atoms with Gasteiger partial charge in [0, 0.05) is 23.3 Å². The fourth-order valence-corrected chi connectivity index (χ4v) is 3.35. The standard InChI is InChI=1S/C21H19ClFN5/c1-3-5-17-18-19(28(2)27-17)21(24-16-7-4-6-14(22)12-16)26-20(25-18)13-8-10-15(23)11-9-13/h4,6-12H,3,5H2,1-2H3,(H,24,25,26). The molecule has 1 N–H and O–H groups in total. The first kappa shape index (κ1) is 18.4. The van der Waals surface area contributed by atoms with Gasteiger partial charge in [-0.2, -0.15) is 5.10 Å². The van der Waals surface area contributed by atoms with Crippen LogP contribution in [-0.4, -0.2) is 19.7 Å². The van der Waals surface area contributed by atoms with Crippen LogP contribution in [0, 0.1) is 5.82 Å². The summed E-state index contributed by atoms with van der Waals surface area (Å²) < 4.78 is 15.1. The molecule has 2 aromatic carbocycles. The van der Waals surface area contributed by atoms with Gasteiger partial charge in [-0.3, -0.25) is 4.68 Å². The molecule has 4 aromatic rings. The van der Waals surface area contributed by atoms with Crippen LogP contribution in [0.25, 0.3) is 22.4 Å². The average Bonchev–Trinajstić information content (AvgIpc) is 2.98. The second kappa shape index (κ2) is 7.56. The Balaban J connectivity index is 1.91. The topological polar surface area (TPSA) is 55.6 Å². The van der Waals surface area contributed by atoms with Gasteiger partial charge in [0.25, 0.3) is 0 Å². The molecule has 142 valence electrons. The van der Waals surface area contributed by atoms with Gasteiger partial charge in [-0.15, -0.1) is 0 Å². The van der Waals surface area contributed by atoms with Gasteiger partial charge >= 0.3 is 0 Å². The smallest absolute Gasteiger partial charge is 0.162 e. The largest absolute Gasteiger partial charge is 0.338 e. The Kier molecular flexibility index (Phi) is 4.96. The summed E-state index contributed by atoms with van der Waals surface area (Å²) in [5.41, 5.74) is 4.08. The minimum Gasteiger partial charge on any atom is -0.338 e. The van der Waals surface area contributed by atoms with Crippen molar-refractivity contribution in [3.8, 4) is 11.4 Å². The Labute approximate surface area is 167 Å². The number of hydrogen-bond donors (Lipinski definition) is 1. The van der Waals surface area contributed by atoms with Crippen LogP contribution in [0.4, 0.5) is 15.9 Å². The fourth-order valence-electron chi connectivity index (χ4n) is 3.16. The Morgan fingerprint density at radius 1 is 1.11 bits per heavy atom. The SMILES string of the molecule is CCCc1nn(C)c2c(Nc3cccc(Cl)c3)nc(-c3ccc(F)cc3)nc12. The molecule has 5 nitrogen and oxygen atoms in total. The van der Waals surface area contributed by atoms with Crippen LogP contribution < -0.4 is 5.32 Å². The molecule has 0 aliphatic carbocycles. The van der Waals surface area contributed by atoms with Crippen molar-refractivity contribution in [1.82, 2.24) is 19.7 Å². The van der Waals surface area contributed by atoms with Crippen molar-refractivity contribution in [2.75, 3.05) is 5.32 Å². The number of anilines is 2. The van der Waals surface area contributed by atoms with Gasteiger partial charge in [0.1, 0.15) is 16.9 Å². The third-order valence-corrected chi connectivity index (χ3v) is 4.66. The van der Waals surface area contributed by atoms with E-state index >= 15 is 0 Å². The number of fused-ring (bicyclic) bond motifs is 1. The maximum atomic E-state index is 13.3.